The summed E-state index contributed by atoms with van der Waals surface area (Å²) in [6.45, 7) is 0.308. The van der Waals surface area contributed by atoms with E-state index in [1.54, 1.807) is 0 Å². The molecule has 0 bridgehead atoms. The predicted molar refractivity (Wildman–Crippen MR) is 70.2 cm³/mol. The van der Waals surface area contributed by atoms with Crippen molar-refractivity contribution in [1.29, 1.82) is 0 Å². The Balaban J connectivity index is 2.71. The van der Waals surface area contributed by atoms with Crippen LogP contribution in [0, 0.1) is 0 Å². The maximum Gasteiger partial charge on any atom is 0.328 e. The van der Waals surface area contributed by atoms with Gasteiger partial charge in [-0.15, -0.1) is 0 Å². The molecule has 2 unspecified atom stereocenters. The van der Waals surface area contributed by atoms with Crippen molar-refractivity contribution in [2.75, 3.05) is 27.3 Å². The van der Waals surface area contributed by atoms with E-state index >= 15 is 0 Å². The van der Waals surface area contributed by atoms with E-state index in [-0.39, 0.29) is 12.5 Å². The molecule has 1 rings (SSSR count). The Morgan fingerprint density at radius 1 is 1.40 bits per heavy atom. The lowest BCUT2D eigenvalue weighted by Gasteiger charge is -2.35. The quantitative estimate of drug-likeness (QED) is 0.625. The van der Waals surface area contributed by atoms with Gasteiger partial charge in [-0.2, -0.15) is 0 Å². The van der Waals surface area contributed by atoms with Gasteiger partial charge in [0.25, 0.3) is 0 Å². The zero-order valence-electron chi connectivity index (χ0n) is 11.7. The number of rotatable bonds is 5. The SMILES string of the molecule is CNC(=O)C1CCCCN1C(=O)NC(COC)C(=O)O. The van der Waals surface area contributed by atoms with Gasteiger partial charge in [-0.25, -0.2) is 9.59 Å². The first kappa shape index (κ1) is 16.2. The molecule has 0 saturated carbocycles. The number of methoxy groups -OCH3 is 1. The van der Waals surface area contributed by atoms with Gasteiger partial charge in [0.2, 0.25) is 5.91 Å². The molecule has 0 aromatic heterocycles. The van der Waals surface area contributed by atoms with E-state index in [2.05, 4.69) is 10.6 Å². The highest BCUT2D eigenvalue weighted by Gasteiger charge is 2.33. The number of likely N-dealkylation sites (N-methyl/N-ethyl adjacent to an activating group) is 1. The number of hydrogen-bond donors (Lipinski definition) is 3. The van der Waals surface area contributed by atoms with Gasteiger partial charge in [0, 0.05) is 20.7 Å². The van der Waals surface area contributed by atoms with E-state index in [9.17, 15) is 14.4 Å². The van der Waals surface area contributed by atoms with Crippen molar-refractivity contribution >= 4 is 17.9 Å². The van der Waals surface area contributed by atoms with Gasteiger partial charge < -0.3 is 25.4 Å². The number of urea groups is 1. The topological polar surface area (TPSA) is 108 Å². The van der Waals surface area contributed by atoms with Crippen LogP contribution in [0.2, 0.25) is 0 Å². The Bertz CT molecular complexity index is 374. The highest BCUT2D eigenvalue weighted by molar-refractivity contribution is 5.88. The summed E-state index contributed by atoms with van der Waals surface area (Å²) in [6.07, 6.45) is 2.24. The lowest BCUT2D eigenvalue weighted by molar-refractivity contribution is -0.140. The Morgan fingerprint density at radius 2 is 2.10 bits per heavy atom. The molecule has 114 valence electrons. The third-order valence-electron chi connectivity index (χ3n) is 3.24. The molecule has 8 heteroatoms. The minimum absolute atomic E-state index is 0.125. The number of carboxylic acid groups (broad SMARTS) is 1. The van der Waals surface area contributed by atoms with Crippen molar-refractivity contribution < 1.29 is 24.2 Å². The second-order valence-electron chi connectivity index (χ2n) is 4.61. The Labute approximate surface area is 117 Å². The van der Waals surface area contributed by atoms with Crippen molar-refractivity contribution in [3.63, 3.8) is 0 Å². The predicted octanol–water partition coefficient (Wildman–Crippen LogP) is -0.604. The molecule has 2 atom stereocenters. The van der Waals surface area contributed by atoms with Crippen LogP contribution in [0.4, 0.5) is 4.79 Å². The maximum atomic E-state index is 12.1. The van der Waals surface area contributed by atoms with Gasteiger partial charge in [0.1, 0.15) is 6.04 Å². The first-order chi connectivity index (χ1) is 9.51. The summed E-state index contributed by atoms with van der Waals surface area (Å²) in [5.74, 6) is -1.41. The van der Waals surface area contributed by atoms with Gasteiger partial charge in [0.15, 0.2) is 6.04 Å². The molecule has 1 aliphatic rings. The molecule has 1 saturated heterocycles. The highest BCUT2D eigenvalue weighted by atomic mass is 16.5. The van der Waals surface area contributed by atoms with Crippen LogP contribution in [0.3, 0.4) is 0 Å². The molecular formula is C12H21N3O5. The number of amides is 3. The summed E-state index contributed by atoms with van der Waals surface area (Å²) in [5.41, 5.74) is 0. The maximum absolute atomic E-state index is 12.1. The fourth-order valence-corrected chi connectivity index (χ4v) is 2.19. The highest BCUT2D eigenvalue weighted by Crippen LogP contribution is 2.17. The molecule has 0 radical (unpaired) electrons. The second kappa shape index (κ2) is 7.68. The molecular weight excluding hydrogens is 266 g/mol. The molecule has 0 aromatic rings. The van der Waals surface area contributed by atoms with Crippen molar-refractivity contribution in [2.24, 2.45) is 0 Å². The number of carbonyl (C=O) groups excluding carboxylic acids is 2. The van der Waals surface area contributed by atoms with Crippen LogP contribution < -0.4 is 10.6 Å². The van der Waals surface area contributed by atoms with Crippen LogP contribution in [-0.2, 0) is 14.3 Å². The molecule has 3 amide bonds. The molecule has 1 fully saturated rings. The van der Waals surface area contributed by atoms with Gasteiger partial charge >= 0.3 is 12.0 Å². The molecule has 0 aromatic carbocycles. The van der Waals surface area contributed by atoms with Crippen LogP contribution in [0.5, 0.6) is 0 Å². The molecule has 1 heterocycles. The van der Waals surface area contributed by atoms with Crippen LogP contribution in [0.15, 0.2) is 0 Å². The summed E-state index contributed by atoms with van der Waals surface area (Å²) in [7, 11) is 2.87. The third-order valence-corrected chi connectivity index (χ3v) is 3.24. The number of aliphatic carboxylic acids is 1. The summed E-state index contributed by atoms with van der Waals surface area (Å²) in [5, 5.41) is 13.9. The van der Waals surface area contributed by atoms with Gasteiger partial charge in [-0.1, -0.05) is 0 Å². The van der Waals surface area contributed by atoms with Gasteiger partial charge in [-0.3, -0.25) is 4.79 Å². The third kappa shape index (κ3) is 4.09. The first-order valence-electron chi connectivity index (χ1n) is 6.51. The number of piperidine rings is 1. The normalized spacial score (nSPS) is 20.1. The molecule has 1 aliphatic heterocycles. The number of nitrogens with zero attached hydrogens (tertiary/aromatic N) is 1. The Kier molecular flexibility index (Phi) is 6.23. The van der Waals surface area contributed by atoms with E-state index < -0.39 is 24.1 Å². The van der Waals surface area contributed by atoms with E-state index in [1.165, 1.54) is 19.1 Å². The smallest absolute Gasteiger partial charge is 0.328 e. The number of carbonyl (C=O) groups is 3. The first-order valence-corrected chi connectivity index (χ1v) is 6.51. The van der Waals surface area contributed by atoms with E-state index in [4.69, 9.17) is 9.84 Å². The second-order valence-corrected chi connectivity index (χ2v) is 4.61. The van der Waals surface area contributed by atoms with Crippen molar-refractivity contribution in [3.8, 4) is 0 Å². The van der Waals surface area contributed by atoms with Gasteiger partial charge in [-0.05, 0) is 19.3 Å². The molecule has 8 nitrogen and oxygen atoms in total. The van der Waals surface area contributed by atoms with Crippen molar-refractivity contribution in [2.45, 2.75) is 31.3 Å². The number of ether oxygens (including phenoxy) is 1. The number of hydrogen-bond acceptors (Lipinski definition) is 4. The van der Waals surface area contributed by atoms with Crippen molar-refractivity contribution in [1.82, 2.24) is 15.5 Å². The largest absolute Gasteiger partial charge is 0.480 e. The lowest BCUT2D eigenvalue weighted by atomic mass is 10.0. The zero-order valence-corrected chi connectivity index (χ0v) is 11.7. The lowest BCUT2D eigenvalue weighted by Crippen LogP contribution is -2.57. The number of carboxylic acids is 1. The van der Waals surface area contributed by atoms with Gasteiger partial charge in [0.05, 0.1) is 6.61 Å². The average Bonchev–Trinajstić information content (AvgIpc) is 2.45. The fraction of sp³-hybridized carbons (Fsp3) is 0.750. The Hall–Kier alpha value is -1.83. The minimum atomic E-state index is -1.17. The van der Waals surface area contributed by atoms with Crippen LogP contribution >= 0.6 is 0 Å². The van der Waals surface area contributed by atoms with E-state index in [0.717, 1.165) is 12.8 Å². The summed E-state index contributed by atoms with van der Waals surface area (Å²) >= 11 is 0. The minimum Gasteiger partial charge on any atom is -0.480 e. The van der Waals surface area contributed by atoms with E-state index in [1.807, 2.05) is 0 Å². The van der Waals surface area contributed by atoms with E-state index in [0.29, 0.717) is 13.0 Å². The summed E-state index contributed by atoms with van der Waals surface area (Å²) in [6, 6.07) is -2.23. The monoisotopic (exact) mass is 287 g/mol. The van der Waals surface area contributed by atoms with Crippen LogP contribution in [0.25, 0.3) is 0 Å². The fourth-order valence-electron chi connectivity index (χ4n) is 2.19. The molecule has 0 spiro atoms. The molecule has 20 heavy (non-hydrogen) atoms. The zero-order chi connectivity index (χ0) is 15.1. The Morgan fingerprint density at radius 3 is 2.65 bits per heavy atom. The summed E-state index contributed by atoms with van der Waals surface area (Å²) in [4.78, 5) is 36.3. The number of nitrogens with one attached hydrogen (secondary N) is 2. The average molecular weight is 287 g/mol. The summed E-state index contributed by atoms with van der Waals surface area (Å²) < 4.78 is 4.76. The van der Waals surface area contributed by atoms with Crippen LogP contribution in [0.1, 0.15) is 19.3 Å². The van der Waals surface area contributed by atoms with Crippen LogP contribution in [-0.4, -0.2) is 67.3 Å². The standard InChI is InChI=1S/C12H21N3O5/c1-13-10(16)9-5-3-4-6-15(9)12(19)14-8(7-20-2)11(17)18/h8-9H,3-7H2,1-2H3,(H,13,16)(H,14,19)(H,17,18). The number of likely N-dealkylation sites (tertiary alicyclic amines) is 1. The van der Waals surface area contributed by atoms with Crippen molar-refractivity contribution in [3.05, 3.63) is 0 Å². The molecule has 3 N–H and O–H groups in total. The molecule has 0 aliphatic carbocycles.